The molecule has 1 aromatic rings. The number of H-pyrrole nitrogens is 1. The third kappa shape index (κ3) is 10.4. The van der Waals surface area contributed by atoms with Crippen LogP contribution < -0.4 is 5.76 Å². The SMILES string of the molecule is CCCCCCCCCCCCCCCC(C)c1coc(=O)[nH]1. The highest BCUT2D eigenvalue weighted by molar-refractivity contribution is 4.98. The lowest BCUT2D eigenvalue weighted by Gasteiger charge is -2.08. The topological polar surface area (TPSA) is 46.0 Å². The Kier molecular flexibility index (Phi) is 11.7. The van der Waals surface area contributed by atoms with E-state index < -0.39 is 0 Å². The van der Waals surface area contributed by atoms with Gasteiger partial charge in [-0.05, 0) is 12.3 Å². The molecule has 0 saturated heterocycles. The Bertz CT molecular complexity index is 421. The normalized spacial score (nSPS) is 12.6. The van der Waals surface area contributed by atoms with E-state index in [1.54, 1.807) is 6.26 Å². The largest absolute Gasteiger partial charge is 0.416 e. The van der Waals surface area contributed by atoms with Crippen molar-refractivity contribution in [3.05, 3.63) is 22.5 Å². The third-order valence-corrected chi connectivity index (χ3v) is 4.81. The summed E-state index contributed by atoms with van der Waals surface area (Å²) in [5.41, 5.74) is 0.939. The molecule has 0 saturated carbocycles. The van der Waals surface area contributed by atoms with E-state index in [0.29, 0.717) is 5.92 Å². The summed E-state index contributed by atoms with van der Waals surface area (Å²) >= 11 is 0. The molecule has 1 aromatic heterocycles. The molecule has 3 nitrogen and oxygen atoms in total. The van der Waals surface area contributed by atoms with Crippen LogP contribution in [0.25, 0.3) is 0 Å². The van der Waals surface area contributed by atoms with Crippen molar-refractivity contribution < 1.29 is 4.42 Å². The number of aromatic nitrogens is 1. The fourth-order valence-corrected chi connectivity index (χ4v) is 3.16. The van der Waals surface area contributed by atoms with Gasteiger partial charge in [-0.15, -0.1) is 0 Å². The lowest BCUT2D eigenvalue weighted by atomic mass is 9.99. The average molecular weight is 324 g/mol. The molecular weight excluding hydrogens is 286 g/mol. The van der Waals surface area contributed by atoms with Gasteiger partial charge >= 0.3 is 5.76 Å². The van der Waals surface area contributed by atoms with Crippen molar-refractivity contribution in [1.29, 1.82) is 0 Å². The minimum atomic E-state index is -0.336. The number of oxazole rings is 1. The summed E-state index contributed by atoms with van der Waals surface area (Å²) in [6.45, 7) is 4.43. The smallest absolute Gasteiger partial charge is 0.416 e. The van der Waals surface area contributed by atoms with E-state index in [2.05, 4.69) is 18.8 Å². The third-order valence-electron chi connectivity index (χ3n) is 4.81. The predicted molar refractivity (Wildman–Crippen MR) is 98.1 cm³/mol. The molecule has 1 unspecified atom stereocenters. The molecule has 134 valence electrons. The van der Waals surface area contributed by atoms with Crippen molar-refractivity contribution in [2.75, 3.05) is 0 Å². The first kappa shape index (κ1) is 20.1. The number of hydrogen-bond acceptors (Lipinski definition) is 2. The van der Waals surface area contributed by atoms with E-state index >= 15 is 0 Å². The molecule has 0 spiro atoms. The van der Waals surface area contributed by atoms with Crippen LogP contribution in [-0.2, 0) is 0 Å². The number of rotatable bonds is 15. The lowest BCUT2D eigenvalue weighted by molar-refractivity contribution is 0.510. The first-order valence-electron chi connectivity index (χ1n) is 9.91. The summed E-state index contributed by atoms with van der Waals surface area (Å²) in [7, 11) is 0. The molecule has 0 aliphatic carbocycles. The minimum Gasteiger partial charge on any atom is -0.416 e. The van der Waals surface area contributed by atoms with Gasteiger partial charge in [-0.2, -0.15) is 0 Å². The second-order valence-corrected chi connectivity index (χ2v) is 7.04. The van der Waals surface area contributed by atoms with Crippen molar-refractivity contribution in [3.8, 4) is 0 Å². The Labute approximate surface area is 142 Å². The van der Waals surface area contributed by atoms with Gasteiger partial charge in [-0.1, -0.05) is 97.3 Å². The van der Waals surface area contributed by atoms with E-state index in [0.717, 1.165) is 12.1 Å². The van der Waals surface area contributed by atoms with E-state index in [1.165, 1.54) is 83.5 Å². The zero-order valence-electron chi connectivity index (χ0n) is 15.4. The molecule has 0 fully saturated rings. The lowest BCUT2D eigenvalue weighted by Crippen LogP contribution is -2.00. The molecule has 23 heavy (non-hydrogen) atoms. The molecule has 0 aromatic carbocycles. The fourth-order valence-electron chi connectivity index (χ4n) is 3.16. The van der Waals surface area contributed by atoms with Crippen LogP contribution in [0.15, 0.2) is 15.5 Å². The van der Waals surface area contributed by atoms with Crippen LogP contribution in [0.2, 0.25) is 0 Å². The average Bonchev–Trinajstić information content (AvgIpc) is 2.98. The van der Waals surface area contributed by atoms with Crippen molar-refractivity contribution >= 4 is 0 Å². The molecule has 0 amide bonds. The molecule has 1 heterocycles. The van der Waals surface area contributed by atoms with Crippen LogP contribution in [0.5, 0.6) is 0 Å². The highest BCUT2D eigenvalue weighted by Gasteiger charge is 2.08. The maximum absolute atomic E-state index is 11.0. The first-order chi connectivity index (χ1) is 11.2. The molecule has 0 aliphatic heterocycles. The van der Waals surface area contributed by atoms with E-state index in [1.807, 2.05) is 0 Å². The molecule has 3 heteroatoms. The van der Waals surface area contributed by atoms with Crippen LogP contribution in [0.1, 0.15) is 115 Å². The number of unbranched alkanes of at least 4 members (excludes halogenated alkanes) is 12. The Morgan fingerprint density at radius 2 is 1.35 bits per heavy atom. The Morgan fingerprint density at radius 3 is 1.78 bits per heavy atom. The molecule has 0 radical (unpaired) electrons. The van der Waals surface area contributed by atoms with E-state index in [-0.39, 0.29) is 5.76 Å². The molecule has 1 rings (SSSR count). The second-order valence-electron chi connectivity index (χ2n) is 7.04. The molecule has 0 bridgehead atoms. The van der Waals surface area contributed by atoms with Crippen molar-refractivity contribution in [2.24, 2.45) is 0 Å². The summed E-state index contributed by atoms with van der Waals surface area (Å²) in [6, 6.07) is 0. The summed E-state index contributed by atoms with van der Waals surface area (Å²) < 4.78 is 4.79. The van der Waals surface area contributed by atoms with Gasteiger partial charge in [0.1, 0.15) is 6.26 Å². The maximum atomic E-state index is 11.0. The van der Waals surface area contributed by atoms with Gasteiger partial charge in [0.25, 0.3) is 0 Å². The van der Waals surface area contributed by atoms with Gasteiger partial charge in [0.2, 0.25) is 0 Å². The highest BCUT2D eigenvalue weighted by atomic mass is 16.4. The maximum Gasteiger partial charge on any atom is 0.416 e. The molecule has 1 atom stereocenters. The quantitative estimate of drug-likeness (QED) is 0.372. The van der Waals surface area contributed by atoms with Gasteiger partial charge in [-0.25, -0.2) is 4.79 Å². The Hall–Kier alpha value is -0.990. The van der Waals surface area contributed by atoms with Gasteiger partial charge < -0.3 is 4.42 Å². The van der Waals surface area contributed by atoms with Crippen LogP contribution in [0.3, 0.4) is 0 Å². The zero-order valence-corrected chi connectivity index (χ0v) is 15.4. The van der Waals surface area contributed by atoms with Crippen molar-refractivity contribution in [2.45, 2.75) is 110 Å². The summed E-state index contributed by atoms with van der Waals surface area (Å²) in [6.07, 6.45) is 20.7. The first-order valence-corrected chi connectivity index (χ1v) is 9.91. The van der Waals surface area contributed by atoms with Crippen LogP contribution in [0, 0.1) is 0 Å². The van der Waals surface area contributed by atoms with Gasteiger partial charge in [-0.3, -0.25) is 4.98 Å². The minimum absolute atomic E-state index is 0.336. The molecular formula is C20H37NO2. The monoisotopic (exact) mass is 323 g/mol. The summed E-state index contributed by atoms with van der Waals surface area (Å²) in [5.74, 6) is 0.0615. The van der Waals surface area contributed by atoms with Crippen molar-refractivity contribution in [3.63, 3.8) is 0 Å². The highest BCUT2D eigenvalue weighted by Crippen LogP contribution is 2.20. The number of hydrogen-bond donors (Lipinski definition) is 1. The summed E-state index contributed by atoms with van der Waals surface area (Å²) in [5, 5.41) is 0. The van der Waals surface area contributed by atoms with E-state index in [9.17, 15) is 4.79 Å². The number of aromatic amines is 1. The van der Waals surface area contributed by atoms with Gasteiger partial charge in [0, 0.05) is 0 Å². The van der Waals surface area contributed by atoms with Gasteiger partial charge in [0.15, 0.2) is 0 Å². The number of nitrogens with one attached hydrogen (secondary N) is 1. The van der Waals surface area contributed by atoms with Gasteiger partial charge in [0.05, 0.1) is 5.69 Å². The fraction of sp³-hybridized carbons (Fsp3) is 0.850. The van der Waals surface area contributed by atoms with Crippen molar-refractivity contribution in [1.82, 2.24) is 4.98 Å². The van der Waals surface area contributed by atoms with Crippen LogP contribution in [-0.4, -0.2) is 4.98 Å². The standard InChI is InChI=1S/C20H37NO2/c1-3-4-5-6-7-8-9-10-11-12-13-14-15-16-18(2)19-17-23-20(22)21-19/h17-18H,3-16H2,1-2H3,(H,21,22). The van der Waals surface area contributed by atoms with Crippen LogP contribution in [0.4, 0.5) is 0 Å². The Balaban J connectivity index is 1.82. The van der Waals surface area contributed by atoms with E-state index in [4.69, 9.17) is 4.42 Å². The predicted octanol–water partition coefficient (Wildman–Crippen LogP) is 6.55. The zero-order chi connectivity index (χ0) is 16.8. The summed E-state index contributed by atoms with van der Waals surface area (Å²) in [4.78, 5) is 13.7. The molecule has 0 aliphatic rings. The molecule has 1 N–H and O–H groups in total. The Morgan fingerprint density at radius 1 is 0.870 bits per heavy atom. The van der Waals surface area contributed by atoms with Crippen LogP contribution >= 0.6 is 0 Å². The second kappa shape index (κ2) is 13.4.